The molecule has 0 aromatic carbocycles. The second-order valence-corrected chi connectivity index (χ2v) is 7.42. The first-order chi connectivity index (χ1) is 10.7. The number of aryl methyl sites for hydroxylation is 1. The number of nitrogens with zero attached hydrogens (tertiary/aromatic N) is 1. The molecule has 138 valence electrons. The van der Waals surface area contributed by atoms with Crippen molar-refractivity contribution in [2.75, 3.05) is 17.6 Å². The minimum atomic E-state index is -0.443. The average molecular weight is 379 g/mol. The summed E-state index contributed by atoms with van der Waals surface area (Å²) in [6.45, 7) is 9.79. The molecule has 0 aliphatic carbocycles. The molecule has 7 nitrogen and oxygen atoms in total. The van der Waals surface area contributed by atoms with Crippen LogP contribution in [0.3, 0.4) is 0 Å². The summed E-state index contributed by atoms with van der Waals surface area (Å²) in [5.74, 6) is 1.05. The van der Waals surface area contributed by atoms with E-state index in [1.54, 1.807) is 19.9 Å². The molecule has 0 fully saturated rings. The molecule has 0 saturated carbocycles. The SMILES string of the molecule is Cc1cc(NC(=O)C(C)SCC(=O)NC(C)(CN)C(C)C)no1.Cl. The molecule has 2 unspecified atom stereocenters. The van der Waals surface area contributed by atoms with E-state index in [4.69, 9.17) is 10.3 Å². The Hall–Kier alpha value is -1.25. The number of carbonyl (C=O) groups excluding carboxylic acids is 2. The monoisotopic (exact) mass is 378 g/mol. The van der Waals surface area contributed by atoms with Crippen molar-refractivity contribution in [2.24, 2.45) is 11.7 Å². The number of hydrogen-bond acceptors (Lipinski definition) is 6. The topological polar surface area (TPSA) is 110 Å². The maximum Gasteiger partial charge on any atom is 0.238 e. The Morgan fingerprint density at radius 2 is 2.04 bits per heavy atom. The summed E-state index contributed by atoms with van der Waals surface area (Å²) >= 11 is 1.26. The highest BCUT2D eigenvalue weighted by Gasteiger charge is 2.28. The van der Waals surface area contributed by atoms with E-state index in [1.807, 2.05) is 20.8 Å². The highest BCUT2D eigenvalue weighted by Crippen LogP contribution is 2.17. The summed E-state index contributed by atoms with van der Waals surface area (Å²) < 4.78 is 4.89. The second kappa shape index (κ2) is 9.90. The Kier molecular flexibility index (Phi) is 9.39. The molecule has 0 saturated heterocycles. The molecule has 4 N–H and O–H groups in total. The molecule has 0 aliphatic heterocycles. The Morgan fingerprint density at radius 1 is 1.42 bits per heavy atom. The van der Waals surface area contributed by atoms with Crippen molar-refractivity contribution in [3.63, 3.8) is 0 Å². The number of nitrogens with one attached hydrogen (secondary N) is 2. The summed E-state index contributed by atoms with van der Waals surface area (Å²) in [4.78, 5) is 24.1. The van der Waals surface area contributed by atoms with Gasteiger partial charge in [0.15, 0.2) is 5.82 Å². The van der Waals surface area contributed by atoms with E-state index >= 15 is 0 Å². The molecule has 0 radical (unpaired) electrons. The van der Waals surface area contributed by atoms with Crippen molar-refractivity contribution < 1.29 is 14.1 Å². The van der Waals surface area contributed by atoms with Gasteiger partial charge in [-0.1, -0.05) is 19.0 Å². The smallest absolute Gasteiger partial charge is 0.238 e. The van der Waals surface area contributed by atoms with Crippen LogP contribution in [0.5, 0.6) is 0 Å². The van der Waals surface area contributed by atoms with Gasteiger partial charge in [0.2, 0.25) is 11.8 Å². The molecule has 2 amide bonds. The van der Waals surface area contributed by atoms with E-state index in [0.717, 1.165) is 0 Å². The minimum absolute atomic E-state index is 0. The molecule has 1 rings (SSSR count). The van der Waals surface area contributed by atoms with Crippen LogP contribution < -0.4 is 16.4 Å². The Labute approximate surface area is 153 Å². The number of nitrogens with two attached hydrogens (primary N) is 1. The molecule has 1 aromatic rings. The summed E-state index contributed by atoms with van der Waals surface area (Å²) in [7, 11) is 0. The Bertz CT molecular complexity index is 553. The third kappa shape index (κ3) is 6.70. The average Bonchev–Trinajstić information content (AvgIpc) is 2.89. The lowest BCUT2D eigenvalue weighted by Gasteiger charge is -2.33. The van der Waals surface area contributed by atoms with Crippen molar-refractivity contribution in [1.82, 2.24) is 10.5 Å². The number of halogens is 1. The number of hydrogen-bond donors (Lipinski definition) is 3. The first-order valence-electron chi connectivity index (χ1n) is 7.55. The van der Waals surface area contributed by atoms with E-state index < -0.39 is 5.54 Å². The van der Waals surface area contributed by atoms with Crippen molar-refractivity contribution in [2.45, 2.75) is 45.4 Å². The van der Waals surface area contributed by atoms with Gasteiger partial charge in [0.25, 0.3) is 0 Å². The summed E-state index contributed by atoms with van der Waals surface area (Å²) in [6.07, 6.45) is 0. The van der Waals surface area contributed by atoms with Crippen LogP contribution in [-0.4, -0.2) is 40.1 Å². The van der Waals surface area contributed by atoms with E-state index in [-0.39, 0.29) is 41.1 Å². The van der Waals surface area contributed by atoms with Gasteiger partial charge in [-0.3, -0.25) is 9.59 Å². The molecular weight excluding hydrogens is 352 g/mol. The third-order valence-electron chi connectivity index (χ3n) is 3.84. The highest BCUT2D eigenvalue weighted by molar-refractivity contribution is 8.01. The van der Waals surface area contributed by atoms with Crippen LogP contribution in [0.15, 0.2) is 10.6 Å². The number of aromatic nitrogens is 1. The molecule has 1 aromatic heterocycles. The molecule has 1 heterocycles. The van der Waals surface area contributed by atoms with Crippen LogP contribution >= 0.6 is 24.2 Å². The number of thioether (sulfide) groups is 1. The first-order valence-corrected chi connectivity index (χ1v) is 8.59. The van der Waals surface area contributed by atoms with Crippen LogP contribution in [0.1, 0.15) is 33.5 Å². The lowest BCUT2D eigenvalue weighted by Crippen LogP contribution is -2.55. The molecule has 9 heteroatoms. The lowest BCUT2D eigenvalue weighted by molar-refractivity contribution is -0.120. The molecule has 2 atom stereocenters. The van der Waals surface area contributed by atoms with Crippen LogP contribution in [0, 0.1) is 12.8 Å². The number of carbonyl (C=O) groups is 2. The van der Waals surface area contributed by atoms with Crippen molar-refractivity contribution >= 4 is 41.8 Å². The standard InChI is InChI=1S/C15H26N4O3S.ClH/c1-9(2)15(5,8-16)18-13(20)7-23-11(4)14(21)17-12-6-10(3)22-19-12;/h6,9,11H,7-8,16H2,1-5H3,(H,18,20)(H,17,19,21);1H. The van der Waals surface area contributed by atoms with Gasteiger partial charge in [-0.05, 0) is 26.7 Å². The van der Waals surface area contributed by atoms with Crippen LogP contribution in [0.2, 0.25) is 0 Å². The van der Waals surface area contributed by atoms with Gasteiger partial charge in [-0.2, -0.15) is 0 Å². The maximum atomic E-state index is 12.1. The first kappa shape index (κ1) is 22.8. The number of anilines is 1. The van der Waals surface area contributed by atoms with E-state index in [9.17, 15) is 9.59 Å². The minimum Gasteiger partial charge on any atom is -0.360 e. The van der Waals surface area contributed by atoms with Gasteiger partial charge in [0, 0.05) is 12.6 Å². The summed E-state index contributed by atoms with van der Waals surface area (Å²) in [5, 5.41) is 8.91. The maximum absolute atomic E-state index is 12.1. The summed E-state index contributed by atoms with van der Waals surface area (Å²) in [6, 6.07) is 1.64. The van der Waals surface area contributed by atoms with Gasteiger partial charge < -0.3 is 20.9 Å². The predicted octanol–water partition coefficient (Wildman–Crippen LogP) is 1.95. The van der Waals surface area contributed by atoms with Crippen LogP contribution in [-0.2, 0) is 9.59 Å². The summed E-state index contributed by atoms with van der Waals surface area (Å²) in [5.41, 5.74) is 5.30. The second-order valence-electron chi connectivity index (χ2n) is 6.09. The zero-order valence-corrected chi connectivity index (χ0v) is 16.3. The zero-order chi connectivity index (χ0) is 17.6. The molecular formula is C15H27ClN4O3S. The van der Waals surface area contributed by atoms with Crippen molar-refractivity contribution in [1.29, 1.82) is 0 Å². The van der Waals surface area contributed by atoms with Gasteiger partial charge in [0.1, 0.15) is 5.76 Å². The fourth-order valence-corrected chi connectivity index (χ4v) is 2.40. The lowest BCUT2D eigenvalue weighted by atomic mass is 9.88. The quantitative estimate of drug-likeness (QED) is 0.637. The molecule has 0 bridgehead atoms. The number of amides is 2. The zero-order valence-electron chi connectivity index (χ0n) is 14.7. The molecule has 0 aliphatic rings. The Balaban J connectivity index is 0.00000529. The van der Waals surface area contributed by atoms with Crippen molar-refractivity contribution in [3.05, 3.63) is 11.8 Å². The highest BCUT2D eigenvalue weighted by atomic mass is 35.5. The van der Waals surface area contributed by atoms with Gasteiger partial charge >= 0.3 is 0 Å². The van der Waals surface area contributed by atoms with Gasteiger partial charge in [-0.25, -0.2) is 0 Å². The largest absolute Gasteiger partial charge is 0.360 e. The van der Waals surface area contributed by atoms with Gasteiger partial charge in [0.05, 0.1) is 16.5 Å². The Morgan fingerprint density at radius 3 is 2.50 bits per heavy atom. The third-order valence-corrected chi connectivity index (χ3v) is 4.98. The number of rotatable bonds is 8. The predicted molar refractivity (Wildman–Crippen MR) is 99.5 cm³/mol. The van der Waals surface area contributed by atoms with E-state index in [1.165, 1.54) is 11.8 Å². The van der Waals surface area contributed by atoms with Crippen LogP contribution in [0.25, 0.3) is 0 Å². The fraction of sp³-hybridized carbons (Fsp3) is 0.667. The fourth-order valence-electron chi connectivity index (χ4n) is 1.72. The van der Waals surface area contributed by atoms with Crippen molar-refractivity contribution in [3.8, 4) is 0 Å². The van der Waals surface area contributed by atoms with E-state index in [2.05, 4.69) is 15.8 Å². The normalized spacial score (nSPS) is 14.5. The molecule has 0 spiro atoms. The van der Waals surface area contributed by atoms with Gasteiger partial charge in [-0.15, -0.1) is 24.2 Å². The molecule has 24 heavy (non-hydrogen) atoms. The van der Waals surface area contributed by atoms with Crippen LogP contribution in [0.4, 0.5) is 5.82 Å². The van der Waals surface area contributed by atoms with E-state index in [0.29, 0.717) is 18.1 Å².